The molecule has 1 aliphatic carbocycles. The summed E-state index contributed by atoms with van der Waals surface area (Å²) in [5, 5.41) is 0. The smallest absolute Gasteiger partial charge is 0.236 e. The molecule has 0 atom stereocenters. The fraction of sp³-hybridized carbons (Fsp3) is 0.875. The van der Waals surface area contributed by atoms with Crippen molar-refractivity contribution in [3.05, 3.63) is 0 Å². The van der Waals surface area contributed by atoms with Crippen LogP contribution in [-0.2, 0) is 4.79 Å². The van der Waals surface area contributed by atoms with Gasteiger partial charge in [-0.15, -0.1) is 0 Å². The van der Waals surface area contributed by atoms with Gasteiger partial charge in [0, 0.05) is 20.1 Å². The van der Waals surface area contributed by atoms with Crippen LogP contribution < -0.4 is 0 Å². The van der Waals surface area contributed by atoms with E-state index in [1.54, 1.807) is 19.0 Å². The van der Waals surface area contributed by atoms with Crippen LogP contribution in [0.1, 0.15) is 12.8 Å². The lowest BCUT2D eigenvalue weighted by Crippen LogP contribution is -2.35. The molecule has 3 heteroatoms. The Morgan fingerprint density at radius 3 is 2.27 bits per heavy atom. The molecule has 0 N–H and O–H groups in total. The van der Waals surface area contributed by atoms with E-state index in [0.29, 0.717) is 12.6 Å². The first-order valence-corrected chi connectivity index (χ1v) is 4.01. The Morgan fingerprint density at radius 1 is 1.36 bits per heavy atom. The molecular weight excluding hydrogens is 140 g/mol. The Morgan fingerprint density at radius 2 is 1.91 bits per heavy atom. The molecule has 0 bridgehead atoms. The Kier molecular flexibility index (Phi) is 2.49. The summed E-state index contributed by atoms with van der Waals surface area (Å²) in [6.45, 7) is 0.567. The van der Waals surface area contributed by atoms with Crippen molar-refractivity contribution in [2.45, 2.75) is 18.9 Å². The number of hydrogen-bond acceptors (Lipinski definition) is 2. The number of nitrogens with zero attached hydrogens (tertiary/aromatic N) is 2. The SMILES string of the molecule is CN(C)C(=O)CN(C)C1CC1. The first kappa shape index (κ1) is 8.53. The van der Waals surface area contributed by atoms with Crippen LogP contribution in [0.5, 0.6) is 0 Å². The highest BCUT2D eigenvalue weighted by atomic mass is 16.2. The van der Waals surface area contributed by atoms with E-state index >= 15 is 0 Å². The van der Waals surface area contributed by atoms with E-state index in [2.05, 4.69) is 4.90 Å². The summed E-state index contributed by atoms with van der Waals surface area (Å²) >= 11 is 0. The maximum Gasteiger partial charge on any atom is 0.236 e. The van der Waals surface area contributed by atoms with Crippen LogP contribution in [0.15, 0.2) is 0 Å². The fourth-order valence-corrected chi connectivity index (χ4v) is 0.999. The maximum atomic E-state index is 11.2. The molecule has 0 heterocycles. The summed E-state index contributed by atoms with van der Waals surface area (Å²) in [5.74, 6) is 0.194. The van der Waals surface area contributed by atoms with E-state index in [9.17, 15) is 4.79 Å². The van der Waals surface area contributed by atoms with Crippen molar-refractivity contribution in [3.8, 4) is 0 Å². The minimum absolute atomic E-state index is 0.194. The molecule has 1 fully saturated rings. The van der Waals surface area contributed by atoms with E-state index in [1.165, 1.54) is 12.8 Å². The van der Waals surface area contributed by atoms with Gasteiger partial charge in [-0.3, -0.25) is 9.69 Å². The summed E-state index contributed by atoms with van der Waals surface area (Å²) < 4.78 is 0. The molecule has 1 amide bonds. The Labute approximate surface area is 68.0 Å². The quantitative estimate of drug-likeness (QED) is 0.581. The zero-order valence-electron chi connectivity index (χ0n) is 7.50. The number of likely N-dealkylation sites (N-methyl/N-ethyl adjacent to an activating group) is 2. The van der Waals surface area contributed by atoms with E-state index in [0.717, 1.165) is 0 Å². The summed E-state index contributed by atoms with van der Waals surface area (Å²) in [6.07, 6.45) is 2.52. The molecule has 0 saturated heterocycles. The molecule has 11 heavy (non-hydrogen) atoms. The van der Waals surface area contributed by atoms with Gasteiger partial charge >= 0.3 is 0 Å². The van der Waals surface area contributed by atoms with Crippen molar-refractivity contribution >= 4 is 5.91 Å². The largest absolute Gasteiger partial charge is 0.348 e. The lowest BCUT2D eigenvalue weighted by Gasteiger charge is -2.17. The van der Waals surface area contributed by atoms with Gasteiger partial charge in [0.2, 0.25) is 5.91 Å². The van der Waals surface area contributed by atoms with Crippen molar-refractivity contribution in [2.24, 2.45) is 0 Å². The molecular formula is C8H16N2O. The molecule has 3 nitrogen and oxygen atoms in total. The first-order valence-electron chi connectivity index (χ1n) is 4.01. The minimum atomic E-state index is 0.194. The highest BCUT2D eigenvalue weighted by molar-refractivity contribution is 5.77. The van der Waals surface area contributed by atoms with Crippen molar-refractivity contribution in [1.82, 2.24) is 9.80 Å². The molecule has 64 valence electrons. The van der Waals surface area contributed by atoms with Crippen molar-refractivity contribution in [1.29, 1.82) is 0 Å². The van der Waals surface area contributed by atoms with Crippen LogP contribution in [0.25, 0.3) is 0 Å². The average Bonchev–Trinajstić information content (AvgIpc) is 2.67. The zero-order valence-corrected chi connectivity index (χ0v) is 7.50. The molecule has 0 aromatic rings. The van der Waals surface area contributed by atoms with Crippen molar-refractivity contribution in [3.63, 3.8) is 0 Å². The highest BCUT2D eigenvalue weighted by Gasteiger charge is 2.27. The standard InChI is InChI=1S/C8H16N2O/c1-9(2)8(11)6-10(3)7-4-5-7/h7H,4-6H2,1-3H3. The van der Waals surface area contributed by atoms with Gasteiger partial charge < -0.3 is 4.90 Å². The monoisotopic (exact) mass is 156 g/mol. The van der Waals surface area contributed by atoms with Gasteiger partial charge in [-0.05, 0) is 19.9 Å². The van der Waals surface area contributed by atoms with Crippen LogP contribution in [0.3, 0.4) is 0 Å². The molecule has 1 rings (SSSR count). The third kappa shape index (κ3) is 2.50. The number of rotatable bonds is 3. The molecule has 1 saturated carbocycles. The molecule has 0 radical (unpaired) electrons. The maximum absolute atomic E-state index is 11.2. The second-order valence-corrected chi connectivity index (χ2v) is 3.43. The second-order valence-electron chi connectivity index (χ2n) is 3.43. The normalized spacial score (nSPS) is 17.1. The average molecular weight is 156 g/mol. The fourth-order valence-electron chi connectivity index (χ4n) is 0.999. The van der Waals surface area contributed by atoms with Gasteiger partial charge in [-0.1, -0.05) is 0 Å². The number of hydrogen-bond donors (Lipinski definition) is 0. The van der Waals surface area contributed by atoms with Gasteiger partial charge in [0.25, 0.3) is 0 Å². The topological polar surface area (TPSA) is 23.6 Å². The summed E-state index contributed by atoms with van der Waals surface area (Å²) in [4.78, 5) is 14.9. The molecule has 0 aliphatic heterocycles. The van der Waals surface area contributed by atoms with Gasteiger partial charge in [-0.25, -0.2) is 0 Å². The number of carbonyl (C=O) groups excluding carboxylic acids is 1. The van der Waals surface area contributed by atoms with Crippen LogP contribution in [0, 0.1) is 0 Å². The lowest BCUT2D eigenvalue weighted by molar-refractivity contribution is -0.129. The minimum Gasteiger partial charge on any atom is -0.348 e. The Balaban J connectivity index is 2.23. The predicted octanol–water partition coefficient (Wildman–Crippen LogP) is 0.169. The summed E-state index contributed by atoms with van der Waals surface area (Å²) in [6, 6.07) is 0.680. The van der Waals surface area contributed by atoms with E-state index in [4.69, 9.17) is 0 Å². The third-order valence-electron chi connectivity index (χ3n) is 2.05. The molecule has 1 aliphatic rings. The molecule has 0 unspecified atom stereocenters. The van der Waals surface area contributed by atoms with Gasteiger partial charge in [0.15, 0.2) is 0 Å². The van der Waals surface area contributed by atoms with Crippen LogP contribution >= 0.6 is 0 Å². The second kappa shape index (κ2) is 3.22. The summed E-state index contributed by atoms with van der Waals surface area (Å²) in [5.41, 5.74) is 0. The van der Waals surface area contributed by atoms with E-state index in [1.807, 2.05) is 7.05 Å². The molecule has 0 aromatic heterocycles. The summed E-state index contributed by atoms with van der Waals surface area (Å²) in [7, 11) is 5.60. The van der Waals surface area contributed by atoms with Gasteiger partial charge in [0.05, 0.1) is 6.54 Å². The Hall–Kier alpha value is -0.570. The number of carbonyl (C=O) groups is 1. The molecule has 0 spiro atoms. The van der Waals surface area contributed by atoms with Crippen molar-refractivity contribution in [2.75, 3.05) is 27.7 Å². The first-order chi connectivity index (χ1) is 5.11. The lowest BCUT2D eigenvalue weighted by atomic mass is 10.4. The van der Waals surface area contributed by atoms with Gasteiger partial charge in [-0.2, -0.15) is 0 Å². The van der Waals surface area contributed by atoms with E-state index < -0.39 is 0 Å². The zero-order chi connectivity index (χ0) is 8.43. The van der Waals surface area contributed by atoms with E-state index in [-0.39, 0.29) is 5.91 Å². The van der Waals surface area contributed by atoms with Crippen LogP contribution in [0.4, 0.5) is 0 Å². The number of amides is 1. The van der Waals surface area contributed by atoms with Crippen molar-refractivity contribution < 1.29 is 4.79 Å². The molecule has 0 aromatic carbocycles. The highest BCUT2D eigenvalue weighted by Crippen LogP contribution is 2.24. The predicted molar refractivity (Wildman–Crippen MR) is 44.3 cm³/mol. The van der Waals surface area contributed by atoms with Crippen LogP contribution in [-0.4, -0.2) is 49.4 Å². The van der Waals surface area contributed by atoms with Gasteiger partial charge in [0.1, 0.15) is 0 Å². The Bertz CT molecular complexity index is 152. The van der Waals surface area contributed by atoms with Crippen LogP contribution in [0.2, 0.25) is 0 Å². The third-order valence-corrected chi connectivity index (χ3v) is 2.05.